The van der Waals surface area contributed by atoms with Crippen LogP contribution in [-0.4, -0.2) is 59.0 Å². The van der Waals surface area contributed by atoms with Crippen molar-refractivity contribution in [1.82, 2.24) is 19.5 Å². The predicted octanol–water partition coefficient (Wildman–Crippen LogP) is 1.47. The normalized spacial score (nSPS) is 15.1. The molecule has 2 aromatic heterocycles. The quantitative estimate of drug-likeness (QED) is 0.658. The molecule has 1 saturated heterocycles. The Morgan fingerprint density at radius 1 is 1.22 bits per heavy atom. The molecular formula is C18H21N5O3S. The smallest absolute Gasteiger partial charge is 0.275 e. The third-order valence-corrected chi connectivity index (χ3v) is 5.22. The monoisotopic (exact) mass is 387 g/mol. The van der Waals surface area contributed by atoms with E-state index >= 15 is 0 Å². The van der Waals surface area contributed by atoms with Crippen molar-refractivity contribution in [3.05, 3.63) is 52.4 Å². The zero-order valence-corrected chi connectivity index (χ0v) is 15.7. The van der Waals surface area contributed by atoms with Crippen molar-refractivity contribution in [3.63, 3.8) is 0 Å². The van der Waals surface area contributed by atoms with Gasteiger partial charge in [0.15, 0.2) is 0 Å². The largest absolute Gasteiger partial charge is 0.492 e. The Bertz CT molecular complexity index is 951. The van der Waals surface area contributed by atoms with E-state index in [0.717, 1.165) is 44.2 Å². The zero-order valence-electron chi connectivity index (χ0n) is 14.8. The second kappa shape index (κ2) is 8.47. The van der Waals surface area contributed by atoms with E-state index in [0.29, 0.717) is 23.2 Å². The van der Waals surface area contributed by atoms with Gasteiger partial charge >= 0.3 is 0 Å². The van der Waals surface area contributed by atoms with Gasteiger partial charge in [0.1, 0.15) is 12.4 Å². The number of morpholine rings is 1. The molecule has 1 aromatic carbocycles. The van der Waals surface area contributed by atoms with Gasteiger partial charge in [-0.3, -0.25) is 9.69 Å². The third-order valence-electron chi connectivity index (χ3n) is 4.34. The lowest BCUT2D eigenvalue weighted by Crippen LogP contribution is -2.38. The molecule has 9 heteroatoms. The third kappa shape index (κ3) is 4.44. The molecule has 3 aromatic rings. The molecule has 0 aliphatic carbocycles. The Hall–Kier alpha value is -2.49. The van der Waals surface area contributed by atoms with E-state index < -0.39 is 0 Å². The Labute approximate surface area is 160 Å². The van der Waals surface area contributed by atoms with Crippen LogP contribution in [0.15, 0.2) is 41.3 Å². The van der Waals surface area contributed by atoms with Gasteiger partial charge in [0.2, 0.25) is 10.1 Å². The van der Waals surface area contributed by atoms with Crippen LogP contribution in [-0.2, 0) is 11.3 Å². The average molecular weight is 387 g/mol. The summed E-state index contributed by atoms with van der Waals surface area (Å²) in [5, 5.41) is 8.18. The van der Waals surface area contributed by atoms with Crippen LogP contribution in [0.2, 0.25) is 0 Å². The number of nitrogens with one attached hydrogen (secondary N) is 1. The summed E-state index contributed by atoms with van der Waals surface area (Å²) in [5.74, 6) is 0.856. The molecule has 0 bridgehead atoms. The van der Waals surface area contributed by atoms with Crippen LogP contribution in [0.5, 0.6) is 5.75 Å². The Morgan fingerprint density at radius 3 is 2.93 bits per heavy atom. The van der Waals surface area contributed by atoms with Crippen molar-refractivity contribution >= 4 is 21.4 Å². The molecule has 27 heavy (non-hydrogen) atoms. The predicted molar refractivity (Wildman–Crippen MR) is 104 cm³/mol. The lowest BCUT2D eigenvalue weighted by atomic mass is 10.2. The van der Waals surface area contributed by atoms with Gasteiger partial charge < -0.3 is 14.8 Å². The summed E-state index contributed by atoms with van der Waals surface area (Å²) in [6.07, 6.45) is 1.50. The highest BCUT2D eigenvalue weighted by Gasteiger charge is 2.11. The number of fused-ring (bicyclic) bond motifs is 1. The van der Waals surface area contributed by atoms with Crippen molar-refractivity contribution < 1.29 is 9.47 Å². The maximum atomic E-state index is 11.8. The summed E-state index contributed by atoms with van der Waals surface area (Å²) in [7, 11) is 0. The number of hydrogen-bond acceptors (Lipinski definition) is 8. The summed E-state index contributed by atoms with van der Waals surface area (Å²) in [6, 6.07) is 9.34. The van der Waals surface area contributed by atoms with Gasteiger partial charge in [-0.2, -0.15) is 4.52 Å². The van der Waals surface area contributed by atoms with Crippen molar-refractivity contribution in [2.24, 2.45) is 0 Å². The van der Waals surface area contributed by atoms with Gasteiger partial charge in [-0.25, -0.2) is 4.98 Å². The fourth-order valence-corrected chi connectivity index (χ4v) is 3.66. The van der Waals surface area contributed by atoms with Crippen molar-refractivity contribution in [2.45, 2.75) is 6.54 Å². The van der Waals surface area contributed by atoms with E-state index in [2.05, 4.69) is 20.3 Å². The standard InChI is InChI=1S/C18H21N5O3S/c24-16-5-6-19-18-23(16)21-17(27-18)20-13-14-3-1-2-4-15(14)26-12-9-22-7-10-25-11-8-22/h1-6H,7-13H2,(H,20,21). The maximum absolute atomic E-state index is 11.8. The second-order valence-corrected chi connectivity index (χ2v) is 7.10. The van der Waals surface area contributed by atoms with Crippen LogP contribution in [0.3, 0.4) is 0 Å². The Kier molecular flexibility index (Phi) is 5.61. The fourth-order valence-electron chi connectivity index (χ4n) is 2.89. The molecule has 0 radical (unpaired) electrons. The van der Waals surface area contributed by atoms with E-state index in [4.69, 9.17) is 9.47 Å². The summed E-state index contributed by atoms with van der Waals surface area (Å²) in [4.78, 5) is 18.9. The van der Waals surface area contributed by atoms with Gasteiger partial charge in [0.05, 0.1) is 13.2 Å². The molecule has 3 heterocycles. The van der Waals surface area contributed by atoms with Crippen LogP contribution >= 0.6 is 11.3 Å². The van der Waals surface area contributed by atoms with Gasteiger partial charge in [-0.1, -0.05) is 29.5 Å². The molecule has 1 N–H and O–H groups in total. The average Bonchev–Trinajstić information content (AvgIpc) is 3.13. The summed E-state index contributed by atoms with van der Waals surface area (Å²) in [5.41, 5.74) is 0.857. The van der Waals surface area contributed by atoms with E-state index in [9.17, 15) is 4.79 Å². The highest BCUT2D eigenvalue weighted by atomic mass is 32.1. The lowest BCUT2D eigenvalue weighted by molar-refractivity contribution is 0.0322. The number of nitrogens with zero attached hydrogens (tertiary/aromatic N) is 4. The van der Waals surface area contributed by atoms with Gasteiger partial charge in [-0.15, -0.1) is 5.10 Å². The molecular weight excluding hydrogens is 366 g/mol. The first-order valence-corrected chi connectivity index (χ1v) is 9.71. The minimum atomic E-state index is -0.184. The Balaban J connectivity index is 1.37. The molecule has 1 aliphatic rings. The van der Waals surface area contributed by atoms with Crippen LogP contribution in [0.4, 0.5) is 5.13 Å². The summed E-state index contributed by atoms with van der Waals surface area (Å²) >= 11 is 1.34. The lowest BCUT2D eigenvalue weighted by Gasteiger charge is -2.26. The molecule has 8 nitrogen and oxygen atoms in total. The zero-order chi connectivity index (χ0) is 18.5. The van der Waals surface area contributed by atoms with Crippen molar-refractivity contribution in [1.29, 1.82) is 0 Å². The van der Waals surface area contributed by atoms with Crippen LogP contribution in [0.1, 0.15) is 5.56 Å². The number of ether oxygens (including phenoxy) is 2. The number of anilines is 1. The first kappa shape index (κ1) is 17.9. The first-order valence-electron chi connectivity index (χ1n) is 8.89. The number of hydrogen-bond donors (Lipinski definition) is 1. The molecule has 142 valence electrons. The SMILES string of the molecule is O=c1ccnc2sc(NCc3ccccc3OCCN3CCOCC3)nn12. The Morgan fingerprint density at radius 2 is 2.07 bits per heavy atom. The molecule has 1 aliphatic heterocycles. The van der Waals surface area contributed by atoms with E-state index in [1.165, 1.54) is 28.1 Å². The van der Waals surface area contributed by atoms with Gasteiger partial charge in [0, 0.05) is 44.0 Å². The van der Waals surface area contributed by atoms with Crippen molar-refractivity contribution in [2.75, 3.05) is 44.8 Å². The molecule has 0 atom stereocenters. The highest BCUT2D eigenvalue weighted by Crippen LogP contribution is 2.21. The fraction of sp³-hybridized carbons (Fsp3) is 0.389. The maximum Gasteiger partial charge on any atom is 0.275 e. The number of aromatic nitrogens is 3. The summed E-state index contributed by atoms with van der Waals surface area (Å²) in [6.45, 7) is 5.58. The minimum absolute atomic E-state index is 0.184. The van der Waals surface area contributed by atoms with Gasteiger partial charge in [-0.05, 0) is 6.07 Å². The number of rotatable bonds is 7. The molecule has 4 rings (SSSR count). The van der Waals surface area contributed by atoms with E-state index in [-0.39, 0.29) is 5.56 Å². The number of para-hydroxylation sites is 1. The molecule has 0 amide bonds. The molecule has 1 fully saturated rings. The van der Waals surface area contributed by atoms with Crippen LogP contribution < -0.4 is 15.6 Å². The molecule has 0 saturated carbocycles. The topological polar surface area (TPSA) is 81.0 Å². The molecule has 0 spiro atoms. The van der Waals surface area contributed by atoms with Crippen LogP contribution in [0.25, 0.3) is 4.96 Å². The molecule has 0 unspecified atom stereocenters. The van der Waals surface area contributed by atoms with E-state index in [1.807, 2.05) is 24.3 Å². The number of benzene rings is 1. The summed E-state index contributed by atoms with van der Waals surface area (Å²) < 4.78 is 12.7. The van der Waals surface area contributed by atoms with Gasteiger partial charge in [0.25, 0.3) is 5.56 Å². The minimum Gasteiger partial charge on any atom is -0.492 e. The second-order valence-electron chi connectivity index (χ2n) is 6.15. The van der Waals surface area contributed by atoms with Crippen LogP contribution in [0, 0.1) is 0 Å². The van der Waals surface area contributed by atoms with E-state index in [1.54, 1.807) is 0 Å². The highest BCUT2D eigenvalue weighted by molar-refractivity contribution is 7.20. The first-order chi connectivity index (χ1) is 13.3. The van der Waals surface area contributed by atoms with Crippen molar-refractivity contribution in [3.8, 4) is 5.75 Å².